The van der Waals surface area contributed by atoms with Gasteiger partial charge in [-0.3, -0.25) is 14.5 Å². The van der Waals surface area contributed by atoms with Crippen molar-refractivity contribution in [3.63, 3.8) is 0 Å². The lowest BCUT2D eigenvalue weighted by molar-refractivity contribution is -0.133. The highest BCUT2D eigenvalue weighted by atomic mass is 16.5. The van der Waals surface area contributed by atoms with Crippen molar-refractivity contribution < 1.29 is 14.3 Å². The fraction of sp³-hybridized carbons (Fsp3) is 0.500. The first-order chi connectivity index (χ1) is 10.5. The van der Waals surface area contributed by atoms with Crippen molar-refractivity contribution in [1.82, 2.24) is 9.80 Å². The largest absolute Gasteiger partial charge is 0.497 e. The molecule has 2 rings (SSSR count). The van der Waals surface area contributed by atoms with Gasteiger partial charge in [0, 0.05) is 6.54 Å². The Labute approximate surface area is 130 Å². The summed E-state index contributed by atoms with van der Waals surface area (Å²) < 4.78 is 5.26. The summed E-state index contributed by atoms with van der Waals surface area (Å²) in [5, 5.41) is 0. The van der Waals surface area contributed by atoms with E-state index in [0.29, 0.717) is 0 Å². The molecule has 1 aliphatic rings. The Balaban J connectivity index is 2.06. The second kappa shape index (κ2) is 7.26. The molecule has 0 aromatic heterocycles. The summed E-state index contributed by atoms with van der Waals surface area (Å²) in [6, 6.07) is 7.90. The predicted octanol–water partition coefficient (Wildman–Crippen LogP) is 0.776. The van der Waals surface area contributed by atoms with Gasteiger partial charge >= 0.3 is 0 Å². The van der Waals surface area contributed by atoms with Crippen molar-refractivity contribution in [3.05, 3.63) is 29.8 Å². The number of primary amides is 1. The number of nitrogens with two attached hydrogens (primary N) is 1. The average Bonchev–Trinajstić information content (AvgIpc) is 2.95. The minimum absolute atomic E-state index is 0.0223. The third-order valence-corrected chi connectivity index (χ3v) is 3.88. The van der Waals surface area contributed by atoms with Crippen molar-refractivity contribution in [1.29, 1.82) is 0 Å². The number of ether oxygens (including phenoxy) is 1. The number of rotatable bonds is 6. The summed E-state index contributed by atoms with van der Waals surface area (Å²) >= 11 is 0. The molecule has 1 fully saturated rings. The van der Waals surface area contributed by atoms with E-state index in [0.717, 1.165) is 30.7 Å². The Morgan fingerprint density at radius 3 is 2.86 bits per heavy atom. The van der Waals surface area contributed by atoms with E-state index in [1.54, 1.807) is 19.1 Å². The number of hydrogen-bond donors (Lipinski definition) is 1. The maximum Gasteiger partial charge on any atom is 0.237 e. The fourth-order valence-electron chi connectivity index (χ4n) is 2.90. The van der Waals surface area contributed by atoms with Crippen LogP contribution in [0.3, 0.4) is 0 Å². The number of amides is 2. The highest BCUT2D eigenvalue weighted by molar-refractivity contribution is 5.81. The van der Waals surface area contributed by atoms with E-state index < -0.39 is 5.91 Å². The van der Waals surface area contributed by atoms with Gasteiger partial charge in [0.1, 0.15) is 5.75 Å². The van der Waals surface area contributed by atoms with Crippen LogP contribution in [0.5, 0.6) is 5.75 Å². The van der Waals surface area contributed by atoms with Crippen LogP contribution in [0.25, 0.3) is 0 Å². The van der Waals surface area contributed by atoms with Gasteiger partial charge in [-0.05, 0) is 37.6 Å². The van der Waals surface area contributed by atoms with Crippen molar-refractivity contribution in [2.75, 3.05) is 33.8 Å². The van der Waals surface area contributed by atoms with Gasteiger partial charge in [0.05, 0.1) is 26.2 Å². The normalized spacial score (nSPS) is 17.8. The molecular weight excluding hydrogens is 282 g/mol. The van der Waals surface area contributed by atoms with Crippen LogP contribution in [0.2, 0.25) is 0 Å². The number of carbonyl (C=O) groups is 2. The van der Waals surface area contributed by atoms with Crippen LogP contribution in [0.15, 0.2) is 24.3 Å². The molecule has 1 aromatic carbocycles. The Morgan fingerprint density at radius 1 is 1.41 bits per heavy atom. The molecule has 0 aliphatic carbocycles. The molecule has 0 bridgehead atoms. The first kappa shape index (κ1) is 16.3. The molecule has 6 heteroatoms. The molecule has 0 spiro atoms. The smallest absolute Gasteiger partial charge is 0.237 e. The Kier molecular flexibility index (Phi) is 5.38. The summed E-state index contributed by atoms with van der Waals surface area (Å²) in [7, 11) is 3.36. The van der Waals surface area contributed by atoms with E-state index in [-0.39, 0.29) is 25.0 Å². The molecule has 1 heterocycles. The van der Waals surface area contributed by atoms with Crippen LogP contribution < -0.4 is 10.5 Å². The minimum Gasteiger partial charge on any atom is -0.497 e. The molecule has 2 N–H and O–H groups in total. The number of methoxy groups -OCH3 is 1. The highest BCUT2D eigenvalue weighted by Gasteiger charge is 2.30. The second-order valence-corrected chi connectivity index (χ2v) is 5.66. The third kappa shape index (κ3) is 3.98. The van der Waals surface area contributed by atoms with Gasteiger partial charge in [0.2, 0.25) is 11.8 Å². The lowest BCUT2D eigenvalue weighted by Crippen LogP contribution is -2.41. The molecule has 1 atom stereocenters. The van der Waals surface area contributed by atoms with Crippen LogP contribution in [-0.2, 0) is 9.59 Å². The van der Waals surface area contributed by atoms with E-state index in [1.165, 1.54) is 0 Å². The number of carbonyl (C=O) groups excluding carboxylic acids is 2. The van der Waals surface area contributed by atoms with Crippen LogP contribution in [0, 0.1) is 0 Å². The molecule has 0 unspecified atom stereocenters. The topological polar surface area (TPSA) is 75.9 Å². The number of likely N-dealkylation sites (tertiary alicyclic amines) is 1. The predicted molar refractivity (Wildman–Crippen MR) is 83.4 cm³/mol. The number of likely N-dealkylation sites (N-methyl/N-ethyl adjacent to an activating group) is 1. The van der Waals surface area contributed by atoms with E-state index in [1.807, 2.05) is 29.2 Å². The zero-order valence-electron chi connectivity index (χ0n) is 13.1. The first-order valence-corrected chi connectivity index (χ1v) is 7.41. The zero-order chi connectivity index (χ0) is 16.1. The van der Waals surface area contributed by atoms with E-state index in [9.17, 15) is 9.59 Å². The van der Waals surface area contributed by atoms with Gasteiger partial charge in [0.15, 0.2) is 0 Å². The molecule has 1 aromatic rings. The van der Waals surface area contributed by atoms with Gasteiger partial charge in [-0.2, -0.15) is 0 Å². The molecule has 6 nitrogen and oxygen atoms in total. The summed E-state index contributed by atoms with van der Waals surface area (Å²) in [6.07, 6.45) is 1.92. The molecule has 1 saturated heterocycles. The Morgan fingerprint density at radius 2 is 2.18 bits per heavy atom. The maximum atomic E-state index is 12.5. The van der Waals surface area contributed by atoms with Gasteiger partial charge in [-0.15, -0.1) is 0 Å². The number of hydrogen-bond acceptors (Lipinski definition) is 4. The van der Waals surface area contributed by atoms with Crippen LogP contribution in [0.4, 0.5) is 0 Å². The molecule has 0 radical (unpaired) electrons. The van der Waals surface area contributed by atoms with Gasteiger partial charge in [0.25, 0.3) is 0 Å². The second-order valence-electron chi connectivity index (χ2n) is 5.66. The van der Waals surface area contributed by atoms with Crippen LogP contribution in [-0.4, -0.2) is 55.4 Å². The minimum atomic E-state index is -0.430. The zero-order valence-corrected chi connectivity index (χ0v) is 13.1. The summed E-state index contributed by atoms with van der Waals surface area (Å²) in [5.41, 5.74) is 6.24. The lowest BCUT2D eigenvalue weighted by Gasteiger charge is -2.27. The fourth-order valence-corrected chi connectivity index (χ4v) is 2.90. The quantitative estimate of drug-likeness (QED) is 0.842. The van der Waals surface area contributed by atoms with Crippen molar-refractivity contribution >= 4 is 11.8 Å². The molecule has 2 amide bonds. The molecule has 120 valence electrons. The maximum absolute atomic E-state index is 12.5. The van der Waals surface area contributed by atoms with Crippen molar-refractivity contribution in [2.45, 2.75) is 18.9 Å². The first-order valence-electron chi connectivity index (χ1n) is 7.41. The van der Waals surface area contributed by atoms with Crippen molar-refractivity contribution in [2.24, 2.45) is 5.73 Å². The molecule has 1 aliphatic heterocycles. The molecule has 0 saturated carbocycles. The van der Waals surface area contributed by atoms with E-state index >= 15 is 0 Å². The number of benzene rings is 1. The molecular formula is C16H23N3O3. The molecule has 22 heavy (non-hydrogen) atoms. The summed E-state index contributed by atoms with van der Waals surface area (Å²) in [6.45, 7) is 1.03. The van der Waals surface area contributed by atoms with Gasteiger partial charge < -0.3 is 15.4 Å². The monoisotopic (exact) mass is 305 g/mol. The lowest BCUT2D eigenvalue weighted by atomic mass is 10.0. The Bertz CT molecular complexity index is 547. The van der Waals surface area contributed by atoms with Crippen LogP contribution in [0.1, 0.15) is 24.4 Å². The SMILES string of the molecule is COc1cccc([C@H]2CCCN2C(=O)CN(C)CC(N)=O)c1. The van der Waals surface area contributed by atoms with Crippen molar-refractivity contribution in [3.8, 4) is 5.75 Å². The van der Waals surface area contributed by atoms with Crippen LogP contribution >= 0.6 is 0 Å². The summed E-state index contributed by atoms with van der Waals surface area (Å²) in [4.78, 5) is 26.9. The average molecular weight is 305 g/mol. The van der Waals surface area contributed by atoms with Gasteiger partial charge in [-0.1, -0.05) is 12.1 Å². The Hall–Kier alpha value is -2.08. The van der Waals surface area contributed by atoms with E-state index in [2.05, 4.69) is 0 Å². The number of nitrogens with zero attached hydrogens (tertiary/aromatic N) is 2. The standard InChI is InChI=1S/C16H23N3O3/c1-18(10-15(17)20)11-16(21)19-8-4-7-14(19)12-5-3-6-13(9-12)22-2/h3,5-6,9,14H,4,7-8,10-11H2,1-2H3,(H2,17,20)/t14-/m1/s1. The van der Waals surface area contributed by atoms with E-state index in [4.69, 9.17) is 10.5 Å². The summed E-state index contributed by atoms with van der Waals surface area (Å²) in [5.74, 6) is 0.387. The third-order valence-electron chi connectivity index (χ3n) is 3.88. The highest BCUT2D eigenvalue weighted by Crippen LogP contribution is 2.33. The van der Waals surface area contributed by atoms with Gasteiger partial charge in [-0.25, -0.2) is 0 Å².